The summed E-state index contributed by atoms with van der Waals surface area (Å²) < 4.78 is 4.87. The largest absolute Gasteiger partial charge is 0.478 e. The van der Waals surface area contributed by atoms with Crippen LogP contribution in [0.15, 0.2) is 24.3 Å². The van der Waals surface area contributed by atoms with E-state index in [1.54, 1.807) is 6.08 Å². The van der Waals surface area contributed by atoms with Gasteiger partial charge in [-0.1, -0.05) is 18.7 Å². The van der Waals surface area contributed by atoms with Gasteiger partial charge in [-0.25, -0.2) is 9.59 Å². The number of carbonyl (C=O) groups is 2. The molecule has 0 aromatic rings. The van der Waals surface area contributed by atoms with Gasteiger partial charge in [0.15, 0.2) is 0 Å². The Kier molecular flexibility index (Phi) is 4.57. The van der Waals surface area contributed by atoms with Crippen LogP contribution in [0.1, 0.15) is 12.8 Å². The lowest BCUT2D eigenvalue weighted by atomic mass is 10.1. The summed E-state index contributed by atoms with van der Waals surface area (Å²) >= 11 is 0. The molecular formula is C11H15NO4. The molecule has 0 fully saturated rings. The molecule has 0 bridgehead atoms. The van der Waals surface area contributed by atoms with Gasteiger partial charge in [0.25, 0.3) is 0 Å². The Hall–Kier alpha value is -1.78. The summed E-state index contributed by atoms with van der Waals surface area (Å²) in [5, 5.41) is 8.81. The van der Waals surface area contributed by atoms with Crippen molar-refractivity contribution in [3.05, 3.63) is 24.3 Å². The van der Waals surface area contributed by atoms with Gasteiger partial charge in [-0.15, -0.1) is 0 Å². The molecule has 5 heteroatoms. The maximum atomic E-state index is 11.5. The number of hydrogen-bond acceptors (Lipinski definition) is 3. The highest BCUT2D eigenvalue weighted by molar-refractivity contribution is 5.86. The number of aliphatic carboxylic acids is 1. The summed E-state index contributed by atoms with van der Waals surface area (Å²) in [4.78, 5) is 23.7. The number of rotatable bonds is 3. The molecule has 1 amide bonds. The van der Waals surface area contributed by atoms with E-state index in [9.17, 15) is 9.59 Å². The van der Waals surface area contributed by atoms with E-state index >= 15 is 0 Å². The molecule has 0 unspecified atom stereocenters. The maximum absolute atomic E-state index is 11.5. The Bertz CT molecular complexity index is 322. The summed E-state index contributed by atoms with van der Waals surface area (Å²) in [7, 11) is 0. The van der Waals surface area contributed by atoms with Crippen molar-refractivity contribution < 1.29 is 19.4 Å². The van der Waals surface area contributed by atoms with Gasteiger partial charge < -0.3 is 14.7 Å². The normalized spacial score (nSPS) is 16.0. The number of carbonyl (C=O) groups excluding carboxylic acids is 1. The minimum absolute atomic E-state index is 0.171. The van der Waals surface area contributed by atoms with Crippen LogP contribution in [0.5, 0.6) is 0 Å². The number of nitrogens with zero attached hydrogens (tertiary/aromatic N) is 1. The zero-order valence-corrected chi connectivity index (χ0v) is 9.02. The summed E-state index contributed by atoms with van der Waals surface area (Å²) in [6.45, 7) is 4.42. The zero-order valence-electron chi connectivity index (χ0n) is 9.02. The van der Waals surface area contributed by atoms with Gasteiger partial charge in [0, 0.05) is 18.7 Å². The molecule has 0 saturated heterocycles. The van der Waals surface area contributed by atoms with Gasteiger partial charge in [-0.2, -0.15) is 0 Å². The Morgan fingerprint density at radius 1 is 1.62 bits per heavy atom. The third-order valence-corrected chi connectivity index (χ3v) is 2.29. The average molecular weight is 225 g/mol. The molecule has 0 aliphatic carbocycles. The van der Waals surface area contributed by atoms with Crippen LogP contribution in [0.2, 0.25) is 0 Å². The van der Waals surface area contributed by atoms with Crippen molar-refractivity contribution in [3.8, 4) is 0 Å². The molecule has 1 heterocycles. The molecule has 1 N–H and O–H groups in total. The van der Waals surface area contributed by atoms with Crippen LogP contribution in [0.4, 0.5) is 4.79 Å². The molecule has 1 aliphatic heterocycles. The van der Waals surface area contributed by atoms with Crippen molar-refractivity contribution in [3.63, 3.8) is 0 Å². The predicted molar refractivity (Wildman–Crippen MR) is 58.1 cm³/mol. The van der Waals surface area contributed by atoms with E-state index in [4.69, 9.17) is 9.84 Å². The SMILES string of the molecule is C=CCOC(=O)N1CC=C(C(=O)O)CCC1. The van der Waals surface area contributed by atoms with Crippen molar-refractivity contribution in [2.24, 2.45) is 0 Å². The van der Waals surface area contributed by atoms with E-state index in [0.717, 1.165) is 0 Å². The van der Waals surface area contributed by atoms with E-state index in [2.05, 4.69) is 6.58 Å². The average Bonchev–Trinajstić information content (AvgIpc) is 2.51. The molecule has 1 rings (SSSR count). The fraction of sp³-hybridized carbons (Fsp3) is 0.455. The van der Waals surface area contributed by atoms with E-state index < -0.39 is 12.1 Å². The van der Waals surface area contributed by atoms with Crippen LogP contribution >= 0.6 is 0 Å². The Labute approximate surface area is 94.0 Å². The van der Waals surface area contributed by atoms with Crippen LogP contribution < -0.4 is 0 Å². The molecule has 0 aromatic heterocycles. The first kappa shape index (κ1) is 12.3. The lowest BCUT2D eigenvalue weighted by Gasteiger charge is -2.18. The molecule has 5 nitrogen and oxygen atoms in total. The number of ether oxygens (including phenoxy) is 1. The zero-order chi connectivity index (χ0) is 12.0. The van der Waals surface area contributed by atoms with E-state index in [1.165, 1.54) is 11.0 Å². The van der Waals surface area contributed by atoms with Crippen molar-refractivity contribution >= 4 is 12.1 Å². The lowest BCUT2D eigenvalue weighted by molar-refractivity contribution is -0.132. The lowest BCUT2D eigenvalue weighted by Crippen LogP contribution is -2.32. The maximum Gasteiger partial charge on any atom is 0.410 e. The molecule has 0 radical (unpaired) electrons. The fourth-order valence-corrected chi connectivity index (χ4v) is 1.46. The van der Waals surface area contributed by atoms with Crippen molar-refractivity contribution in [1.29, 1.82) is 0 Å². The Balaban J connectivity index is 2.54. The first-order valence-electron chi connectivity index (χ1n) is 5.10. The molecule has 1 aliphatic rings. The van der Waals surface area contributed by atoms with Gasteiger partial charge >= 0.3 is 12.1 Å². The molecule has 16 heavy (non-hydrogen) atoms. The van der Waals surface area contributed by atoms with Gasteiger partial charge in [-0.3, -0.25) is 0 Å². The van der Waals surface area contributed by atoms with Crippen LogP contribution in [0.25, 0.3) is 0 Å². The van der Waals surface area contributed by atoms with Crippen LogP contribution in [0.3, 0.4) is 0 Å². The fourth-order valence-electron chi connectivity index (χ4n) is 1.46. The molecule has 0 atom stereocenters. The minimum Gasteiger partial charge on any atom is -0.478 e. The van der Waals surface area contributed by atoms with E-state index in [-0.39, 0.29) is 13.2 Å². The quantitative estimate of drug-likeness (QED) is 0.737. The van der Waals surface area contributed by atoms with Crippen molar-refractivity contribution in [2.45, 2.75) is 12.8 Å². The van der Waals surface area contributed by atoms with E-state index in [0.29, 0.717) is 25.0 Å². The second kappa shape index (κ2) is 5.95. The van der Waals surface area contributed by atoms with Crippen LogP contribution in [-0.4, -0.2) is 41.8 Å². The number of carboxylic acid groups (broad SMARTS) is 1. The summed E-state index contributed by atoms with van der Waals surface area (Å²) in [6.07, 6.45) is 3.75. The van der Waals surface area contributed by atoms with Gasteiger partial charge in [0.1, 0.15) is 6.61 Å². The molecular weight excluding hydrogens is 210 g/mol. The second-order valence-corrected chi connectivity index (χ2v) is 3.45. The first-order valence-corrected chi connectivity index (χ1v) is 5.10. The van der Waals surface area contributed by atoms with Gasteiger partial charge in [-0.05, 0) is 12.8 Å². The summed E-state index contributed by atoms with van der Waals surface area (Å²) in [5.41, 5.74) is 0.360. The Morgan fingerprint density at radius 3 is 3.00 bits per heavy atom. The summed E-state index contributed by atoms with van der Waals surface area (Å²) in [5.74, 6) is -0.915. The standard InChI is InChI=1S/C11H15NO4/c1-2-8-16-11(15)12-6-3-4-9(5-7-12)10(13)14/h2,5H,1,3-4,6-8H2,(H,13,14). The highest BCUT2D eigenvalue weighted by atomic mass is 16.6. The van der Waals surface area contributed by atoms with Crippen molar-refractivity contribution in [2.75, 3.05) is 19.7 Å². The second-order valence-electron chi connectivity index (χ2n) is 3.45. The third kappa shape index (κ3) is 3.42. The molecule has 0 saturated carbocycles. The smallest absolute Gasteiger partial charge is 0.410 e. The van der Waals surface area contributed by atoms with Gasteiger partial charge in [0.2, 0.25) is 0 Å². The van der Waals surface area contributed by atoms with Crippen LogP contribution in [0, 0.1) is 0 Å². The molecule has 0 spiro atoms. The summed E-state index contributed by atoms with van der Waals surface area (Å²) in [6, 6.07) is 0. The van der Waals surface area contributed by atoms with Gasteiger partial charge in [0.05, 0.1) is 0 Å². The third-order valence-electron chi connectivity index (χ3n) is 2.29. The first-order chi connectivity index (χ1) is 7.65. The highest BCUT2D eigenvalue weighted by Gasteiger charge is 2.18. The topological polar surface area (TPSA) is 66.8 Å². The highest BCUT2D eigenvalue weighted by Crippen LogP contribution is 2.12. The Morgan fingerprint density at radius 2 is 2.38 bits per heavy atom. The van der Waals surface area contributed by atoms with Crippen molar-refractivity contribution in [1.82, 2.24) is 4.90 Å². The minimum atomic E-state index is -0.915. The van der Waals surface area contributed by atoms with E-state index in [1.807, 2.05) is 0 Å². The number of carboxylic acids is 1. The van der Waals surface area contributed by atoms with Crippen LogP contribution in [-0.2, 0) is 9.53 Å². The number of hydrogen-bond donors (Lipinski definition) is 1. The number of amides is 1. The molecule has 88 valence electrons. The predicted octanol–water partition coefficient (Wildman–Crippen LogP) is 1.42. The molecule has 0 aromatic carbocycles. The monoisotopic (exact) mass is 225 g/mol.